The van der Waals surface area contributed by atoms with E-state index >= 15 is 0 Å². The maximum Gasteiger partial charge on any atom is -0.00397 e. The summed E-state index contributed by atoms with van der Waals surface area (Å²) in [5, 5.41) is 0. The number of allylic oxidation sites excluding steroid dienone is 4. The van der Waals surface area contributed by atoms with Crippen LogP contribution in [0.2, 0.25) is 0 Å². The molecule has 0 aliphatic carbocycles. The van der Waals surface area contributed by atoms with Gasteiger partial charge in [-0.3, -0.25) is 0 Å². The molecule has 0 aliphatic rings. The van der Waals surface area contributed by atoms with Gasteiger partial charge in [-0.1, -0.05) is 23.3 Å². The summed E-state index contributed by atoms with van der Waals surface area (Å²) in [6.07, 6.45) is 0.951. The smallest absolute Gasteiger partial charge is 0.00397 e. The lowest BCUT2D eigenvalue weighted by molar-refractivity contribution is 0.934. The molecule has 14 heavy (non-hydrogen) atoms. The standard InChI is InChI=1S/C13H23N/c1-9(2)12(6)13(10(3)4)11(5)7-8-14/h3,7-8,14H2,1-2,4-6H3/b13-11+. The van der Waals surface area contributed by atoms with Gasteiger partial charge in [-0.05, 0) is 58.7 Å². The fourth-order valence-corrected chi connectivity index (χ4v) is 1.60. The van der Waals surface area contributed by atoms with E-state index in [0.29, 0.717) is 6.54 Å². The SMILES string of the molecule is C=C(C)/C(C(C)=C(C)C)=C(/C)CCN. The van der Waals surface area contributed by atoms with Crippen LogP contribution >= 0.6 is 0 Å². The van der Waals surface area contributed by atoms with E-state index < -0.39 is 0 Å². The third kappa shape index (κ3) is 3.51. The zero-order chi connectivity index (χ0) is 11.3. The highest BCUT2D eigenvalue weighted by Gasteiger charge is 2.06. The molecule has 0 aliphatic heterocycles. The summed E-state index contributed by atoms with van der Waals surface area (Å²) < 4.78 is 0. The molecule has 0 heterocycles. The first-order valence-electron chi connectivity index (χ1n) is 5.12. The average Bonchev–Trinajstić information content (AvgIpc) is 2.03. The first-order valence-corrected chi connectivity index (χ1v) is 5.12. The highest BCUT2D eigenvalue weighted by atomic mass is 14.5. The molecule has 80 valence electrons. The Kier molecular flexibility index (Phi) is 5.47. The van der Waals surface area contributed by atoms with E-state index in [1.807, 2.05) is 0 Å². The maximum absolute atomic E-state index is 5.56. The third-order valence-corrected chi connectivity index (χ3v) is 2.50. The van der Waals surface area contributed by atoms with Gasteiger partial charge in [0.25, 0.3) is 0 Å². The fraction of sp³-hybridized carbons (Fsp3) is 0.538. The monoisotopic (exact) mass is 193 g/mol. The second-order valence-electron chi connectivity index (χ2n) is 4.10. The predicted molar refractivity (Wildman–Crippen MR) is 65.2 cm³/mol. The van der Waals surface area contributed by atoms with Crippen molar-refractivity contribution in [1.29, 1.82) is 0 Å². The van der Waals surface area contributed by atoms with Crippen molar-refractivity contribution >= 4 is 0 Å². The summed E-state index contributed by atoms with van der Waals surface area (Å²) in [5.74, 6) is 0. The van der Waals surface area contributed by atoms with Crippen LogP contribution in [-0.2, 0) is 0 Å². The Morgan fingerprint density at radius 2 is 1.57 bits per heavy atom. The Morgan fingerprint density at radius 3 is 1.86 bits per heavy atom. The van der Waals surface area contributed by atoms with Gasteiger partial charge in [0.05, 0.1) is 0 Å². The highest BCUT2D eigenvalue weighted by Crippen LogP contribution is 2.25. The van der Waals surface area contributed by atoms with Crippen molar-refractivity contribution in [3.8, 4) is 0 Å². The van der Waals surface area contributed by atoms with Gasteiger partial charge in [-0.25, -0.2) is 0 Å². The van der Waals surface area contributed by atoms with Crippen LogP contribution in [0, 0.1) is 0 Å². The molecule has 0 saturated carbocycles. The Balaban J connectivity index is 5.26. The summed E-state index contributed by atoms with van der Waals surface area (Å²) >= 11 is 0. The molecule has 2 N–H and O–H groups in total. The van der Waals surface area contributed by atoms with Crippen LogP contribution in [0.15, 0.2) is 34.4 Å². The Bertz CT molecular complexity index is 276. The van der Waals surface area contributed by atoms with Crippen molar-refractivity contribution < 1.29 is 0 Å². The Morgan fingerprint density at radius 1 is 1.07 bits per heavy atom. The van der Waals surface area contributed by atoms with Gasteiger partial charge in [0.15, 0.2) is 0 Å². The minimum atomic E-state index is 0.707. The molecular weight excluding hydrogens is 170 g/mol. The van der Waals surface area contributed by atoms with Gasteiger partial charge in [0.2, 0.25) is 0 Å². The maximum atomic E-state index is 5.56. The van der Waals surface area contributed by atoms with E-state index in [1.165, 1.54) is 22.3 Å². The van der Waals surface area contributed by atoms with Crippen molar-refractivity contribution in [1.82, 2.24) is 0 Å². The van der Waals surface area contributed by atoms with Crippen molar-refractivity contribution in [2.75, 3.05) is 6.54 Å². The zero-order valence-electron chi connectivity index (χ0n) is 10.2. The van der Waals surface area contributed by atoms with E-state index in [1.54, 1.807) is 0 Å². The molecule has 0 aromatic rings. The van der Waals surface area contributed by atoms with Crippen LogP contribution in [0.4, 0.5) is 0 Å². The second kappa shape index (κ2) is 5.82. The van der Waals surface area contributed by atoms with E-state index in [-0.39, 0.29) is 0 Å². The summed E-state index contributed by atoms with van der Waals surface area (Å²) in [6.45, 7) is 15.4. The van der Waals surface area contributed by atoms with Gasteiger partial charge >= 0.3 is 0 Å². The van der Waals surface area contributed by atoms with E-state index in [2.05, 4.69) is 41.2 Å². The molecule has 0 fully saturated rings. The molecule has 0 bridgehead atoms. The quantitative estimate of drug-likeness (QED) is 0.678. The molecule has 1 nitrogen and oxygen atoms in total. The van der Waals surface area contributed by atoms with Crippen LogP contribution in [0.5, 0.6) is 0 Å². The molecule has 1 heteroatoms. The summed E-state index contributed by atoms with van der Waals surface area (Å²) in [5.41, 5.74) is 12.0. The van der Waals surface area contributed by atoms with Crippen LogP contribution in [0.3, 0.4) is 0 Å². The molecule has 0 saturated heterocycles. The lowest BCUT2D eigenvalue weighted by Crippen LogP contribution is -2.02. The summed E-state index contributed by atoms with van der Waals surface area (Å²) in [7, 11) is 0. The number of nitrogens with two attached hydrogens (primary N) is 1. The average molecular weight is 193 g/mol. The minimum absolute atomic E-state index is 0.707. The lowest BCUT2D eigenvalue weighted by atomic mass is 9.92. The third-order valence-electron chi connectivity index (χ3n) is 2.50. The number of hydrogen-bond acceptors (Lipinski definition) is 1. The molecule has 0 aromatic carbocycles. The molecule has 0 unspecified atom stereocenters. The van der Waals surface area contributed by atoms with Crippen molar-refractivity contribution in [3.05, 3.63) is 34.4 Å². The second-order valence-corrected chi connectivity index (χ2v) is 4.10. The molecule has 0 spiro atoms. The Labute approximate surface area is 88.4 Å². The van der Waals surface area contributed by atoms with Gasteiger partial charge in [0, 0.05) is 0 Å². The molecule has 0 amide bonds. The zero-order valence-corrected chi connectivity index (χ0v) is 10.2. The van der Waals surface area contributed by atoms with Crippen LogP contribution in [-0.4, -0.2) is 6.54 Å². The number of hydrogen-bond donors (Lipinski definition) is 1. The van der Waals surface area contributed by atoms with E-state index in [4.69, 9.17) is 5.73 Å². The molecule has 0 atom stereocenters. The van der Waals surface area contributed by atoms with Crippen molar-refractivity contribution in [2.24, 2.45) is 5.73 Å². The van der Waals surface area contributed by atoms with Crippen LogP contribution < -0.4 is 5.73 Å². The molecule has 0 radical (unpaired) electrons. The highest BCUT2D eigenvalue weighted by molar-refractivity contribution is 5.47. The van der Waals surface area contributed by atoms with E-state index in [9.17, 15) is 0 Å². The molecule has 0 aromatic heterocycles. The fourth-order valence-electron chi connectivity index (χ4n) is 1.60. The first-order chi connectivity index (χ1) is 6.41. The predicted octanol–water partition coefficient (Wildman–Crippen LogP) is 3.58. The topological polar surface area (TPSA) is 26.0 Å². The van der Waals surface area contributed by atoms with E-state index in [0.717, 1.165) is 12.0 Å². The first kappa shape index (κ1) is 13.2. The Hall–Kier alpha value is -0.820. The normalized spacial score (nSPS) is 12.1. The van der Waals surface area contributed by atoms with Gasteiger partial charge in [-0.15, -0.1) is 0 Å². The minimum Gasteiger partial charge on any atom is -0.330 e. The van der Waals surface area contributed by atoms with Gasteiger partial charge in [0.1, 0.15) is 0 Å². The lowest BCUT2D eigenvalue weighted by Gasteiger charge is -2.14. The molecular formula is C13H23N. The largest absolute Gasteiger partial charge is 0.330 e. The van der Waals surface area contributed by atoms with Crippen molar-refractivity contribution in [2.45, 2.75) is 41.0 Å². The number of rotatable bonds is 4. The summed E-state index contributed by atoms with van der Waals surface area (Å²) in [6, 6.07) is 0. The van der Waals surface area contributed by atoms with Crippen molar-refractivity contribution in [3.63, 3.8) is 0 Å². The van der Waals surface area contributed by atoms with Gasteiger partial charge in [-0.2, -0.15) is 0 Å². The van der Waals surface area contributed by atoms with Gasteiger partial charge < -0.3 is 5.73 Å². The van der Waals surface area contributed by atoms with Crippen LogP contribution in [0.25, 0.3) is 0 Å². The molecule has 0 rings (SSSR count). The van der Waals surface area contributed by atoms with Crippen LogP contribution in [0.1, 0.15) is 41.0 Å². The summed E-state index contributed by atoms with van der Waals surface area (Å²) in [4.78, 5) is 0.